The van der Waals surface area contributed by atoms with Crippen LogP contribution in [0.5, 0.6) is 5.95 Å². The van der Waals surface area contributed by atoms with Crippen molar-refractivity contribution in [3.8, 4) is 5.95 Å². The molecule has 0 N–H and O–H groups in total. The monoisotopic (exact) mass is 544 g/mol. The molecule has 0 saturated carbocycles. The van der Waals surface area contributed by atoms with Crippen LogP contribution in [0.1, 0.15) is 106 Å². The van der Waals surface area contributed by atoms with Gasteiger partial charge in [-0.15, -0.1) is 0 Å². The zero-order valence-electron chi connectivity index (χ0n) is 22.0. The van der Waals surface area contributed by atoms with Crippen LogP contribution in [-0.4, -0.2) is 26.7 Å². The van der Waals surface area contributed by atoms with Crippen molar-refractivity contribution < 1.29 is 8.84 Å². The summed E-state index contributed by atoms with van der Waals surface area (Å²) in [5.41, 5.74) is 2.95. The average molecular weight is 543 g/mol. The Morgan fingerprint density at radius 3 is 1.53 bits per heavy atom. The van der Waals surface area contributed by atoms with E-state index in [2.05, 4.69) is 75.3 Å². The van der Waals surface area contributed by atoms with Crippen LogP contribution in [0.3, 0.4) is 0 Å². The molecule has 0 aliphatic rings. The molecule has 0 radical (unpaired) electrons. The molecule has 0 atom stereocenters. The van der Waals surface area contributed by atoms with Crippen LogP contribution < -0.4 is 8.20 Å². The topological polar surface area (TPSA) is 22.4 Å². The Labute approximate surface area is 193 Å². The van der Waals surface area contributed by atoms with Crippen molar-refractivity contribution in [3.05, 3.63) is 11.6 Å². The van der Waals surface area contributed by atoms with E-state index in [4.69, 9.17) is 8.84 Å². The summed E-state index contributed by atoms with van der Waals surface area (Å²) in [6.07, 6.45) is 7.98. The Balaban J connectivity index is 3.41. The molecule has 1 heterocycles. The molecular formula is C26H52O2SiSn. The predicted molar refractivity (Wildman–Crippen MR) is 140 cm³/mol. The maximum absolute atomic E-state index is 7.01. The molecular weight excluding hydrogens is 491 g/mol. The quantitative estimate of drug-likeness (QED) is 0.206. The molecule has 0 aliphatic heterocycles. The maximum atomic E-state index is 7.01. The molecule has 0 fully saturated rings. The van der Waals surface area contributed by atoms with Gasteiger partial charge in [-0.2, -0.15) is 0 Å². The Hall–Kier alpha value is 0.0956. The minimum atomic E-state index is -2.56. The Bertz CT molecular complexity index is 563. The number of rotatable bonds is 15. The molecule has 0 unspecified atom stereocenters. The molecule has 1 aromatic heterocycles. The fourth-order valence-electron chi connectivity index (χ4n) is 5.63. The summed E-state index contributed by atoms with van der Waals surface area (Å²) >= 11 is -2.56. The van der Waals surface area contributed by atoms with Gasteiger partial charge in [0.25, 0.3) is 0 Å². The van der Waals surface area contributed by atoms with E-state index in [1.54, 1.807) is 0 Å². The zero-order chi connectivity index (χ0) is 22.9. The van der Waals surface area contributed by atoms with Crippen LogP contribution in [0.15, 0.2) is 10.5 Å². The third kappa shape index (κ3) is 6.56. The van der Waals surface area contributed by atoms with Crippen molar-refractivity contribution in [1.82, 2.24) is 0 Å². The van der Waals surface area contributed by atoms with E-state index in [0.717, 1.165) is 5.95 Å². The Morgan fingerprint density at radius 2 is 1.20 bits per heavy atom. The summed E-state index contributed by atoms with van der Waals surface area (Å²) in [6, 6.07) is 2.42. The van der Waals surface area contributed by atoms with E-state index in [1.807, 2.05) is 0 Å². The van der Waals surface area contributed by atoms with Crippen molar-refractivity contribution >= 4 is 30.5 Å². The predicted octanol–water partition coefficient (Wildman–Crippen LogP) is 9.20. The molecule has 30 heavy (non-hydrogen) atoms. The van der Waals surface area contributed by atoms with Crippen LogP contribution in [0, 0.1) is 6.92 Å². The fourth-order valence-corrected chi connectivity index (χ4v) is 26.3. The number of hydrogen-bond donors (Lipinski definition) is 0. The fraction of sp³-hybridized carbons (Fsp3) is 0.846. The summed E-state index contributed by atoms with van der Waals surface area (Å²) in [5, 5.41) is 0. The van der Waals surface area contributed by atoms with Gasteiger partial charge in [0.15, 0.2) is 0 Å². The second-order valence-electron chi connectivity index (χ2n) is 10.6. The van der Waals surface area contributed by atoms with Crippen LogP contribution in [0.4, 0.5) is 0 Å². The first kappa shape index (κ1) is 28.1. The molecule has 2 nitrogen and oxygen atoms in total. The molecule has 0 bridgehead atoms. The van der Waals surface area contributed by atoms with Crippen LogP contribution in [0.2, 0.25) is 29.9 Å². The Morgan fingerprint density at radius 1 is 0.800 bits per heavy atom. The number of furan rings is 1. The third-order valence-electron chi connectivity index (χ3n) is 7.40. The number of unbranched alkanes of at least 4 members (excludes halogenated alkanes) is 3. The van der Waals surface area contributed by atoms with Gasteiger partial charge in [0, 0.05) is 0 Å². The van der Waals surface area contributed by atoms with Gasteiger partial charge in [-0.25, -0.2) is 0 Å². The molecule has 1 rings (SSSR count). The SMILES string of the molecule is CCC[CH2][Sn]([CH2]CCC)([CH2]CCC)[c]1cc(C)c(O[Si](C(C)C)(C(C)C)C(C)C)o1. The molecule has 0 saturated heterocycles. The van der Waals surface area contributed by atoms with Crippen molar-refractivity contribution in [1.29, 1.82) is 0 Å². The molecule has 0 aliphatic carbocycles. The molecule has 176 valence electrons. The summed E-state index contributed by atoms with van der Waals surface area (Å²) < 4.78 is 19.5. The zero-order valence-corrected chi connectivity index (χ0v) is 25.8. The molecule has 1 aromatic rings. The first-order valence-corrected chi connectivity index (χ1v) is 22.5. The van der Waals surface area contributed by atoms with Crippen LogP contribution >= 0.6 is 0 Å². The summed E-state index contributed by atoms with van der Waals surface area (Å²) in [7, 11) is -1.99. The first-order valence-electron chi connectivity index (χ1n) is 12.9. The van der Waals surface area contributed by atoms with Gasteiger partial charge < -0.3 is 0 Å². The number of hydrogen-bond acceptors (Lipinski definition) is 2. The van der Waals surface area contributed by atoms with Crippen molar-refractivity contribution in [2.24, 2.45) is 0 Å². The van der Waals surface area contributed by atoms with Gasteiger partial charge in [0.1, 0.15) is 0 Å². The summed E-state index contributed by atoms with van der Waals surface area (Å²) in [6.45, 7) is 23.4. The second kappa shape index (κ2) is 13.0. The normalized spacial score (nSPS) is 13.1. The van der Waals surface area contributed by atoms with E-state index in [-0.39, 0.29) is 0 Å². The Kier molecular flexibility index (Phi) is 12.2. The molecule has 4 heteroatoms. The van der Waals surface area contributed by atoms with E-state index in [1.165, 1.54) is 61.2 Å². The van der Waals surface area contributed by atoms with Crippen molar-refractivity contribution in [2.75, 3.05) is 0 Å². The standard InChI is InChI=1S/C14H25O2Si.3C4H9.Sn/c1-10(2)17(11(3)4,12(5)6)16-14-13(7)8-9-15-14;3*1-3-4-2;/h8,10-12H,1-7H3;3*1,3-4H2,2H3;. The van der Waals surface area contributed by atoms with Crippen LogP contribution in [-0.2, 0) is 0 Å². The van der Waals surface area contributed by atoms with Crippen molar-refractivity contribution in [2.45, 2.75) is 138 Å². The van der Waals surface area contributed by atoms with E-state index >= 15 is 0 Å². The third-order valence-corrected chi connectivity index (χ3v) is 28.3. The number of aryl methyl sites for hydroxylation is 1. The van der Waals surface area contributed by atoms with Gasteiger partial charge in [0.2, 0.25) is 0 Å². The summed E-state index contributed by atoms with van der Waals surface area (Å²) in [5.74, 6) is 0.873. The van der Waals surface area contributed by atoms with Gasteiger partial charge in [0.05, 0.1) is 0 Å². The van der Waals surface area contributed by atoms with Crippen molar-refractivity contribution in [3.63, 3.8) is 0 Å². The van der Waals surface area contributed by atoms with Gasteiger partial charge in [-0.3, -0.25) is 0 Å². The average Bonchev–Trinajstić information content (AvgIpc) is 3.05. The van der Waals surface area contributed by atoms with Crippen LogP contribution in [0.25, 0.3) is 0 Å². The second-order valence-corrected chi connectivity index (χ2v) is 29.0. The van der Waals surface area contributed by atoms with E-state index in [9.17, 15) is 0 Å². The first-order chi connectivity index (χ1) is 14.1. The van der Waals surface area contributed by atoms with Gasteiger partial charge in [-0.1, -0.05) is 0 Å². The summed E-state index contributed by atoms with van der Waals surface area (Å²) in [4.78, 5) is 0. The minimum absolute atomic E-state index is 0.569. The molecule has 0 amide bonds. The van der Waals surface area contributed by atoms with E-state index in [0.29, 0.717) is 16.6 Å². The van der Waals surface area contributed by atoms with Gasteiger partial charge in [-0.05, 0) is 0 Å². The molecule has 0 spiro atoms. The molecule has 0 aromatic carbocycles. The van der Waals surface area contributed by atoms with E-state index < -0.39 is 26.7 Å². The van der Waals surface area contributed by atoms with Gasteiger partial charge >= 0.3 is 195 Å².